The predicted molar refractivity (Wildman–Crippen MR) is 198 cm³/mol. The fraction of sp³-hybridized carbons (Fsp3) is 0.350. The molecule has 0 bridgehead atoms. The third-order valence-corrected chi connectivity index (χ3v) is 9.61. The summed E-state index contributed by atoms with van der Waals surface area (Å²) in [7, 11) is -2.40. The number of hydrogen-bond donors (Lipinski definition) is 0. The van der Waals surface area contributed by atoms with E-state index in [1.165, 1.54) is 47.9 Å². The Morgan fingerprint density at radius 2 is 0.979 bits per heavy atom. The summed E-state index contributed by atoms with van der Waals surface area (Å²) in [5.74, 6) is 0.961. The fourth-order valence-corrected chi connectivity index (χ4v) is 6.73. The minimum absolute atomic E-state index is 0.481. The quantitative estimate of drug-likeness (QED) is 0.126. The molecule has 0 unspecified atom stereocenters. The highest BCUT2D eigenvalue weighted by atomic mass is 31.1. The second-order valence-electron chi connectivity index (χ2n) is 12.5. The molecule has 4 aromatic carbocycles. The molecule has 0 radical (unpaired) electrons. The van der Waals surface area contributed by atoms with Crippen LogP contribution in [-0.4, -0.2) is 24.5 Å². The minimum Gasteiger partial charge on any atom is -0.265 e. The third-order valence-electron chi connectivity index (χ3n) is 8.89. The first-order valence-electron chi connectivity index (χ1n) is 17.5. The van der Waals surface area contributed by atoms with Crippen LogP contribution in [0, 0.1) is 0 Å². The average Bonchev–Trinajstić information content (AvgIpc) is 3.14. The minimum atomic E-state index is -2.40. The molecule has 0 atom stereocenters. The molecule has 0 aromatic heterocycles. The van der Waals surface area contributed by atoms with Gasteiger partial charge in [-0.2, -0.15) is 10.2 Å². The van der Waals surface area contributed by atoms with Gasteiger partial charge in [-0.05, 0) is 122 Å². The first-order valence-corrected chi connectivity index (χ1v) is 18.6. The Morgan fingerprint density at radius 3 is 1.35 bits per heavy atom. The Kier molecular flexibility index (Phi) is 11.5. The van der Waals surface area contributed by atoms with E-state index in [9.17, 15) is 4.57 Å². The van der Waals surface area contributed by atoms with E-state index in [1.807, 2.05) is 58.5 Å². The van der Waals surface area contributed by atoms with Crippen molar-refractivity contribution in [1.82, 2.24) is 0 Å². The predicted octanol–water partition coefficient (Wildman–Crippen LogP) is 10.5. The second kappa shape index (κ2) is 16.6. The largest absolute Gasteiger partial charge is 0.805 e. The summed E-state index contributed by atoms with van der Waals surface area (Å²) < 4.78 is 24.0. The van der Waals surface area contributed by atoms with Crippen molar-refractivity contribution in [2.75, 3.05) is 23.1 Å². The maximum atomic E-state index is 12.8. The summed E-state index contributed by atoms with van der Waals surface area (Å²) in [6, 6.07) is 32.7. The van der Waals surface area contributed by atoms with Gasteiger partial charge in [0.1, 0.15) is 0 Å². The molecular weight excluding hydrogens is 615 g/mol. The normalized spacial score (nSPS) is 14.7. The smallest absolute Gasteiger partial charge is 0.265 e. The molecule has 8 heteroatoms. The second-order valence-corrected chi connectivity index (χ2v) is 13.4. The Balaban J connectivity index is 1.02. The molecule has 248 valence electrons. The topological polar surface area (TPSA) is 66.7 Å². The molecule has 0 saturated heterocycles. The number of nitrogens with zero attached hydrogens (tertiary/aromatic N) is 4. The van der Waals surface area contributed by atoms with Crippen LogP contribution < -0.4 is 19.1 Å². The van der Waals surface area contributed by atoms with Gasteiger partial charge in [-0.1, -0.05) is 75.2 Å². The maximum absolute atomic E-state index is 12.8. The summed E-state index contributed by atoms with van der Waals surface area (Å²) >= 11 is 0. The lowest BCUT2D eigenvalue weighted by Gasteiger charge is -2.25. The van der Waals surface area contributed by atoms with Gasteiger partial charge in [0.25, 0.3) is 0 Å². The molecule has 48 heavy (non-hydrogen) atoms. The molecular formula is C40H46N4O3P+. The summed E-state index contributed by atoms with van der Waals surface area (Å²) in [4.78, 5) is 0. The Hall–Kier alpha value is -4.48. The van der Waals surface area contributed by atoms with Gasteiger partial charge in [-0.25, -0.2) is 9.05 Å². The first kappa shape index (κ1) is 33.4. The number of anilines is 2. The number of rotatable bonds is 14. The van der Waals surface area contributed by atoms with Gasteiger partial charge in [0.15, 0.2) is 11.5 Å². The van der Waals surface area contributed by atoms with Crippen molar-refractivity contribution in [2.24, 2.45) is 10.2 Å². The molecule has 0 saturated carbocycles. The van der Waals surface area contributed by atoms with Gasteiger partial charge in [0.05, 0.1) is 22.8 Å². The molecule has 0 aliphatic carbocycles. The highest BCUT2D eigenvalue weighted by Crippen LogP contribution is 2.33. The van der Waals surface area contributed by atoms with E-state index in [4.69, 9.17) is 19.3 Å². The van der Waals surface area contributed by atoms with E-state index in [1.54, 1.807) is 0 Å². The van der Waals surface area contributed by atoms with Gasteiger partial charge in [-0.15, -0.1) is 0 Å². The van der Waals surface area contributed by atoms with Crippen LogP contribution in [0.1, 0.15) is 87.5 Å². The van der Waals surface area contributed by atoms with Gasteiger partial charge < -0.3 is 0 Å². The molecule has 2 aliphatic heterocycles. The van der Waals surface area contributed by atoms with Crippen LogP contribution in [0.25, 0.3) is 0 Å². The summed E-state index contributed by atoms with van der Waals surface area (Å²) in [6.45, 7) is 6.15. The van der Waals surface area contributed by atoms with Gasteiger partial charge in [0, 0.05) is 17.7 Å². The van der Waals surface area contributed by atoms with E-state index in [2.05, 4.69) is 62.4 Å². The molecule has 6 rings (SSSR count). The standard InChI is InChI=1S/C40H46N4O3P/c1-3-5-9-31-13-17-33(18-14-31)39-11-7-29-43(41-39)35-21-25-37(26-22-35)46-48(45)47-38-27-23-36(24-28-38)44-30-8-12-40(42-44)34-19-15-32(16-20-34)10-6-4-2/h13-28H,3-12,29-30H2,1-2H3/q+1. The molecule has 0 fully saturated rings. The highest BCUT2D eigenvalue weighted by molar-refractivity contribution is 7.34. The van der Waals surface area contributed by atoms with Crippen LogP contribution in [0.4, 0.5) is 11.4 Å². The van der Waals surface area contributed by atoms with E-state index in [0.29, 0.717) is 11.5 Å². The number of hydrazone groups is 2. The third kappa shape index (κ3) is 8.90. The van der Waals surface area contributed by atoms with Crippen molar-refractivity contribution >= 4 is 31.1 Å². The number of hydrogen-bond acceptors (Lipinski definition) is 7. The van der Waals surface area contributed by atoms with E-state index < -0.39 is 8.25 Å². The molecule has 0 spiro atoms. The zero-order chi connectivity index (χ0) is 33.1. The summed E-state index contributed by atoms with van der Waals surface area (Å²) in [5.41, 5.74) is 9.26. The number of unbranched alkanes of at least 4 members (excludes halogenated alkanes) is 2. The lowest BCUT2D eigenvalue weighted by atomic mass is 10.0. The van der Waals surface area contributed by atoms with Crippen molar-refractivity contribution in [3.05, 3.63) is 119 Å². The molecule has 2 heterocycles. The SMILES string of the molecule is CCCCc1ccc(C2=NN(c3ccc(O[P+](=O)Oc4ccc(N5CCCC(c6ccc(CCCC)cc6)=N5)cc4)cc3)CCC2)cc1. The van der Waals surface area contributed by atoms with Crippen molar-refractivity contribution < 1.29 is 13.6 Å². The van der Waals surface area contributed by atoms with Crippen LogP contribution in [0.15, 0.2) is 107 Å². The monoisotopic (exact) mass is 661 g/mol. The Morgan fingerprint density at radius 1 is 0.583 bits per heavy atom. The highest BCUT2D eigenvalue weighted by Gasteiger charge is 2.25. The van der Waals surface area contributed by atoms with Crippen LogP contribution in [0.5, 0.6) is 11.5 Å². The molecule has 4 aromatic rings. The molecule has 7 nitrogen and oxygen atoms in total. The van der Waals surface area contributed by atoms with Crippen LogP contribution in [0.3, 0.4) is 0 Å². The average molecular weight is 662 g/mol. The lowest BCUT2D eigenvalue weighted by Crippen LogP contribution is -2.26. The lowest BCUT2D eigenvalue weighted by molar-refractivity contribution is 0.415. The van der Waals surface area contributed by atoms with Crippen LogP contribution in [-0.2, 0) is 17.4 Å². The summed E-state index contributed by atoms with van der Waals surface area (Å²) in [6.07, 6.45) is 11.1. The van der Waals surface area contributed by atoms with Gasteiger partial charge in [-0.3, -0.25) is 10.0 Å². The van der Waals surface area contributed by atoms with Crippen LogP contribution in [0.2, 0.25) is 0 Å². The number of aryl methyl sites for hydroxylation is 2. The fourth-order valence-electron chi connectivity index (χ4n) is 6.10. The zero-order valence-corrected chi connectivity index (χ0v) is 29.1. The summed E-state index contributed by atoms with van der Waals surface area (Å²) in [5, 5.41) is 14.0. The van der Waals surface area contributed by atoms with Crippen molar-refractivity contribution in [1.29, 1.82) is 0 Å². The van der Waals surface area contributed by atoms with Crippen molar-refractivity contribution in [2.45, 2.75) is 78.1 Å². The Labute approximate surface area is 286 Å². The molecule has 2 aliphatic rings. The van der Waals surface area contributed by atoms with E-state index >= 15 is 0 Å². The van der Waals surface area contributed by atoms with Gasteiger partial charge in [0.2, 0.25) is 0 Å². The van der Waals surface area contributed by atoms with Crippen LogP contribution >= 0.6 is 8.25 Å². The van der Waals surface area contributed by atoms with Crippen molar-refractivity contribution in [3.8, 4) is 11.5 Å². The Bertz CT molecular complexity index is 1570. The molecule has 0 N–H and O–H groups in total. The first-order chi connectivity index (χ1) is 23.6. The van der Waals surface area contributed by atoms with E-state index in [0.717, 1.165) is 74.4 Å². The van der Waals surface area contributed by atoms with Crippen molar-refractivity contribution in [3.63, 3.8) is 0 Å². The van der Waals surface area contributed by atoms with Gasteiger partial charge >= 0.3 is 8.25 Å². The maximum Gasteiger partial charge on any atom is 0.805 e. The zero-order valence-electron chi connectivity index (χ0n) is 28.2. The molecule has 0 amide bonds. The number of benzene rings is 4. The van der Waals surface area contributed by atoms with E-state index in [-0.39, 0.29) is 0 Å².